The predicted octanol–water partition coefficient (Wildman–Crippen LogP) is 4.13. The van der Waals surface area contributed by atoms with Crippen molar-refractivity contribution in [2.45, 2.75) is 38.1 Å². The van der Waals surface area contributed by atoms with Crippen LogP contribution in [0, 0.1) is 12.8 Å². The lowest BCUT2D eigenvalue weighted by molar-refractivity contribution is -0.185. The number of rotatable bonds is 6. The summed E-state index contributed by atoms with van der Waals surface area (Å²) in [5.74, 6) is -0.273. The van der Waals surface area contributed by atoms with Gasteiger partial charge in [0.2, 0.25) is 5.88 Å². The number of aromatic nitrogens is 6. The summed E-state index contributed by atoms with van der Waals surface area (Å²) in [5, 5.41) is 21.2. The molecule has 1 aliphatic rings. The molecule has 0 amide bonds. The van der Waals surface area contributed by atoms with E-state index in [1.54, 1.807) is 36.0 Å². The van der Waals surface area contributed by atoms with Crippen molar-refractivity contribution in [2.75, 3.05) is 20.2 Å². The SMILES string of the molecule is COc1nc2ccc([C@@](O)(c3cnnn3C)c3cnc(C)n3C)cc2c(Cl)c1CN1CCC(C(F)(F)F)CC1. The minimum absolute atomic E-state index is 0.0322. The van der Waals surface area contributed by atoms with E-state index >= 15 is 0 Å². The fourth-order valence-electron chi connectivity index (χ4n) is 5.30. The number of hydrogen-bond acceptors (Lipinski definition) is 7. The number of aliphatic hydroxyl groups is 1. The lowest BCUT2D eigenvalue weighted by Crippen LogP contribution is -2.38. The summed E-state index contributed by atoms with van der Waals surface area (Å²) in [6, 6.07) is 5.26. The lowest BCUT2D eigenvalue weighted by Gasteiger charge is -2.33. The highest BCUT2D eigenvalue weighted by Crippen LogP contribution is 2.41. The molecule has 1 aromatic carbocycles. The molecule has 0 spiro atoms. The van der Waals surface area contributed by atoms with Gasteiger partial charge < -0.3 is 14.4 Å². The van der Waals surface area contributed by atoms with Crippen molar-refractivity contribution in [1.29, 1.82) is 0 Å². The van der Waals surface area contributed by atoms with Gasteiger partial charge in [-0.05, 0) is 50.6 Å². The van der Waals surface area contributed by atoms with Crippen LogP contribution >= 0.6 is 11.6 Å². The number of fused-ring (bicyclic) bond motifs is 1. The molecule has 0 radical (unpaired) electrons. The van der Waals surface area contributed by atoms with E-state index in [4.69, 9.17) is 16.3 Å². The van der Waals surface area contributed by atoms with E-state index in [-0.39, 0.29) is 32.5 Å². The maximum absolute atomic E-state index is 13.2. The summed E-state index contributed by atoms with van der Waals surface area (Å²) in [4.78, 5) is 10.9. The molecule has 1 fully saturated rings. The van der Waals surface area contributed by atoms with E-state index in [0.717, 1.165) is 0 Å². The topological polar surface area (TPSA) is 94.1 Å². The Morgan fingerprint density at radius 3 is 2.41 bits per heavy atom. The van der Waals surface area contributed by atoms with Gasteiger partial charge in [-0.15, -0.1) is 5.10 Å². The quantitative estimate of drug-likeness (QED) is 0.377. The molecule has 13 heteroatoms. The third-order valence-electron chi connectivity index (χ3n) is 7.70. The molecule has 5 rings (SSSR count). The van der Waals surface area contributed by atoms with Crippen LogP contribution in [0.25, 0.3) is 10.9 Å². The highest BCUT2D eigenvalue weighted by molar-refractivity contribution is 6.36. The fourth-order valence-corrected chi connectivity index (χ4v) is 5.59. The summed E-state index contributed by atoms with van der Waals surface area (Å²) in [5.41, 5.74) is 0.883. The molecule has 0 aliphatic carbocycles. The van der Waals surface area contributed by atoms with Gasteiger partial charge in [-0.2, -0.15) is 13.2 Å². The van der Waals surface area contributed by atoms with E-state index in [2.05, 4.69) is 20.3 Å². The number of methoxy groups -OCH3 is 1. The summed E-state index contributed by atoms with van der Waals surface area (Å²) in [6.07, 6.45) is -1.02. The number of imidazole rings is 1. The van der Waals surface area contributed by atoms with Gasteiger partial charge in [-0.3, -0.25) is 4.90 Å². The highest BCUT2D eigenvalue weighted by atomic mass is 35.5. The first-order chi connectivity index (χ1) is 18.4. The summed E-state index contributed by atoms with van der Waals surface area (Å²) >= 11 is 6.95. The summed E-state index contributed by atoms with van der Waals surface area (Å²) in [7, 11) is 4.99. The van der Waals surface area contributed by atoms with E-state index in [0.29, 0.717) is 50.1 Å². The van der Waals surface area contributed by atoms with Crippen LogP contribution in [0.4, 0.5) is 13.2 Å². The number of piperidine rings is 1. The fraction of sp³-hybridized carbons (Fsp3) is 0.462. The van der Waals surface area contributed by atoms with Crippen LogP contribution in [0.2, 0.25) is 5.02 Å². The second kappa shape index (κ2) is 10.1. The number of hydrogen-bond donors (Lipinski definition) is 1. The number of benzene rings is 1. The second-order valence-electron chi connectivity index (χ2n) is 9.94. The van der Waals surface area contributed by atoms with Gasteiger partial charge in [-0.1, -0.05) is 22.9 Å². The predicted molar refractivity (Wildman–Crippen MR) is 138 cm³/mol. The van der Waals surface area contributed by atoms with Gasteiger partial charge in [-0.25, -0.2) is 14.6 Å². The van der Waals surface area contributed by atoms with E-state index < -0.39 is 17.7 Å². The van der Waals surface area contributed by atoms with Crippen molar-refractivity contribution in [3.05, 3.63) is 64.0 Å². The first-order valence-electron chi connectivity index (χ1n) is 12.5. The Balaban J connectivity index is 1.59. The summed E-state index contributed by atoms with van der Waals surface area (Å²) in [6.45, 7) is 2.70. The molecule has 39 heavy (non-hydrogen) atoms. The van der Waals surface area contributed by atoms with Crippen molar-refractivity contribution >= 4 is 22.5 Å². The maximum Gasteiger partial charge on any atom is 0.391 e. The van der Waals surface area contributed by atoms with Gasteiger partial charge in [0.25, 0.3) is 0 Å². The Morgan fingerprint density at radius 1 is 1.13 bits per heavy atom. The number of likely N-dealkylation sites (tertiary alicyclic amines) is 1. The maximum atomic E-state index is 13.2. The molecule has 0 unspecified atom stereocenters. The minimum Gasteiger partial charge on any atom is -0.481 e. The zero-order valence-electron chi connectivity index (χ0n) is 22.0. The smallest absolute Gasteiger partial charge is 0.391 e. The number of aryl methyl sites for hydroxylation is 2. The second-order valence-corrected chi connectivity index (χ2v) is 10.3. The number of ether oxygens (including phenoxy) is 1. The van der Waals surface area contributed by atoms with Crippen LogP contribution < -0.4 is 4.74 Å². The highest BCUT2D eigenvalue weighted by Gasteiger charge is 2.42. The van der Waals surface area contributed by atoms with E-state index in [1.165, 1.54) is 18.0 Å². The number of nitrogens with zero attached hydrogens (tertiary/aromatic N) is 7. The average Bonchev–Trinajstić information content (AvgIpc) is 3.50. The molecule has 4 heterocycles. The number of alkyl halides is 3. The first-order valence-corrected chi connectivity index (χ1v) is 12.8. The normalized spacial score (nSPS) is 17.1. The van der Waals surface area contributed by atoms with Crippen molar-refractivity contribution < 1.29 is 23.0 Å². The largest absolute Gasteiger partial charge is 0.481 e. The monoisotopic (exact) mass is 563 g/mol. The van der Waals surface area contributed by atoms with Crippen LogP contribution in [0.15, 0.2) is 30.6 Å². The number of pyridine rings is 1. The summed E-state index contributed by atoms with van der Waals surface area (Å²) < 4.78 is 48.3. The lowest BCUT2D eigenvalue weighted by atomic mass is 9.86. The molecular weight excluding hydrogens is 535 g/mol. The van der Waals surface area contributed by atoms with Gasteiger partial charge in [0.05, 0.1) is 41.7 Å². The van der Waals surface area contributed by atoms with Crippen LogP contribution in [0.5, 0.6) is 5.88 Å². The Kier molecular flexibility index (Phi) is 7.06. The van der Waals surface area contributed by atoms with Crippen molar-refractivity contribution in [3.8, 4) is 5.88 Å². The molecular formula is C26H29ClF3N7O2. The van der Waals surface area contributed by atoms with Crippen molar-refractivity contribution in [3.63, 3.8) is 0 Å². The third kappa shape index (κ3) is 4.74. The zero-order chi connectivity index (χ0) is 28.1. The molecule has 0 saturated carbocycles. The molecule has 9 nitrogen and oxygen atoms in total. The van der Waals surface area contributed by atoms with Gasteiger partial charge in [0.1, 0.15) is 11.5 Å². The van der Waals surface area contributed by atoms with E-state index in [1.807, 2.05) is 18.9 Å². The Labute approximate surface area is 228 Å². The van der Waals surface area contributed by atoms with Crippen LogP contribution in [-0.2, 0) is 26.2 Å². The van der Waals surface area contributed by atoms with Gasteiger partial charge in [0, 0.05) is 31.6 Å². The van der Waals surface area contributed by atoms with Crippen LogP contribution in [0.1, 0.15) is 41.2 Å². The molecule has 1 atom stereocenters. The standard InChI is InChI=1S/C26H29ClF3N7O2/c1-15-31-12-21(35(15)2)25(38,22-13-32-34-36(22)3)17-5-6-20-18(11-17)23(27)19(24(33-20)39-4)14-37-9-7-16(8-10-37)26(28,29)30/h5-6,11-13,16,38H,7-10,14H2,1-4H3/t25-/m0/s1. The van der Waals surface area contributed by atoms with Crippen molar-refractivity contribution in [2.24, 2.45) is 20.0 Å². The van der Waals surface area contributed by atoms with E-state index in [9.17, 15) is 18.3 Å². The minimum atomic E-state index is -4.19. The molecule has 4 aromatic rings. The Hall–Kier alpha value is -3.22. The molecule has 3 aromatic heterocycles. The Bertz CT molecular complexity index is 1510. The van der Waals surface area contributed by atoms with Gasteiger partial charge >= 0.3 is 6.18 Å². The molecule has 1 aliphatic heterocycles. The Morgan fingerprint density at radius 2 is 1.85 bits per heavy atom. The first kappa shape index (κ1) is 27.4. The van der Waals surface area contributed by atoms with Crippen LogP contribution in [-0.4, -0.2) is 65.9 Å². The molecule has 0 bridgehead atoms. The van der Waals surface area contributed by atoms with Crippen molar-refractivity contribution in [1.82, 2.24) is 34.4 Å². The molecule has 208 valence electrons. The van der Waals surface area contributed by atoms with Gasteiger partial charge in [0.15, 0.2) is 5.60 Å². The third-order valence-corrected chi connectivity index (χ3v) is 8.13. The number of halogens is 4. The molecule has 1 saturated heterocycles. The molecule has 1 N–H and O–H groups in total. The zero-order valence-corrected chi connectivity index (χ0v) is 22.8. The van der Waals surface area contributed by atoms with Crippen LogP contribution in [0.3, 0.4) is 0 Å². The average molecular weight is 564 g/mol.